The van der Waals surface area contributed by atoms with Crippen LogP contribution in [0.4, 0.5) is 0 Å². The molecule has 0 bridgehead atoms. The monoisotopic (exact) mass is 297 g/mol. The normalized spacial score (nSPS) is 19.2. The first-order valence-corrected chi connectivity index (χ1v) is 6.91. The molecular weight excluding hydrogens is 274 g/mol. The molecule has 0 saturated carbocycles. The molecule has 4 nitrogen and oxygen atoms in total. The lowest BCUT2D eigenvalue weighted by Gasteiger charge is -2.31. The van der Waals surface area contributed by atoms with E-state index in [9.17, 15) is 4.79 Å². The predicted molar refractivity (Wildman–Crippen MR) is 84.2 cm³/mol. The Morgan fingerprint density at radius 3 is 2.75 bits per heavy atom. The number of carbonyl (C=O) groups is 1. The number of carbonyl (C=O) groups excluding carboxylic acids is 1. The molecule has 1 saturated heterocycles. The Hall–Kier alpha value is -1.10. The van der Waals surface area contributed by atoms with E-state index in [1.54, 1.807) is 0 Å². The minimum atomic E-state index is 0. The number of benzene rings is 1. The van der Waals surface area contributed by atoms with Crippen molar-refractivity contribution < 1.29 is 4.79 Å². The van der Waals surface area contributed by atoms with Crippen molar-refractivity contribution in [1.82, 2.24) is 15.5 Å². The first-order chi connectivity index (χ1) is 9.13. The highest BCUT2D eigenvalue weighted by Gasteiger charge is 2.17. The minimum Gasteiger partial charge on any atom is -0.351 e. The Balaban J connectivity index is 0.00000200. The second-order valence-corrected chi connectivity index (χ2v) is 5.35. The third kappa shape index (κ3) is 5.49. The van der Waals surface area contributed by atoms with Crippen LogP contribution in [0.1, 0.15) is 18.1 Å². The van der Waals surface area contributed by atoms with Gasteiger partial charge in [-0.3, -0.25) is 9.69 Å². The molecule has 2 N–H and O–H groups in total. The first-order valence-electron chi connectivity index (χ1n) is 6.91. The number of nitrogens with zero attached hydrogens (tertiary/aromatic N) is 1. The number of nitrogens with one attached hydrogen (secondary N) is 2. The zero-order valence-electron chi connectivity index (χ0n) is 12.2. The number of hydrogen-bond acceptors (Lipinski definition) is 3. The number of hydrogen-bond donors (Lipinski definition) is 2. The molecule has 1 heterocycles. The van der Waals surface area contributed by atoms with Crippen LogP contribution in [0, 0.1) is 6.92 Å². The highest BCUT2D eigenvalue weighted by atomic mass is 35.5. The second kappa shape index (κ2) is 8.25. The molecular formula is C15H24ClN3O. The molecule has 1 aromatic rings. The molecule has 20 heavy (non-hydrogen) atoms. The van der Waals surface area contributed by atoms with Crippen molar-refractivity contribution in [2.75, 3.05) is 26.2 Å². The summed E-state index contributed by atoms with van der Waals surface area (Å²) < 4.78 is 0. The molecule has 0 aliphatic carbocycles. The Morgan fingerprint density at radius 2 is 2.10 bits per heavy atom. The van der Waals surface area contributed by atoms with Crippen LogP contribution < -0.4 is 10.6 Å². The summed E-state index contributed by atoms with van der Waals surface area (Å²) in [5.41, 5.74) is 2.39. The average molecular weight is 298 g/mol. The largest absolute Gasteiger partial charge is 0.351 e. The molecule has 0 spiro atoms. The third-order valence-electron chi connectivity index (χ3n) is 3.43. The Kier molecular flexibility index (Phi) is 6.99. The van der Waals surface area contributed by atoms with Gasteiger partial charge in [-0.05, 0) is 19.4 Å². The van der Waals surface area contributed by atoms with Gasteiger partial charge in [0, 0.05) is 32.2 Å². The van der Waals surface area contributed by atoms with Crippen LogP contribution in [0.2, 0.25) is 0 Å². The van der Waals surface area contributed by atoms with Crippen LogP contribution in [0.3, 0.4) is 0 Å². The van der Waals surface area contributed by atoms with Crippen molar-refractivity contribution in [1.29, 1.82) is 0 Å². The molecule has 1 amide bonds. The molecule has 1 unspecified atom stereocenters. The van der Waals surface area contributed by atoms with Crippen LogP contribution in [0.5, 0.6) is 0 Å². The summed E-state index contributed by atoms with van der Waals surface area (Å²) in [5.74, 6) is 0.106. The summed E-state index contributed by atoms with van der Waals surface area (Å²) in [6.45, 7) is 8.18. The average Bonchev–Trinajstić information content (AvgIpc) is 2.38. The lowest BCUT2D eigenvalue weighted by atomic mass is 10.1. The summed E-state index contributed by atoms with van der Waals surface area (Å²) in [6.07, 6.45) is 0. The Bertz CT molecular complexity index is 422. The van der Waals surface area contributed by atoms with Gasteiger partial charge in [0.05, 0.1) is 6.54 Å². The van der Waals surface area contributed by atoms with E-state index < -0.39 is 0 Å². The highest BCUT2D eigenvalue weighted by Crippen LogP contribution is 2.03. The van der Waals surface area contributed by atoms with E-state index >= 15 is 0 Å². The quantitative estimate of drug-likeness (QED) is 0.881. The van der Waals surface area contributed by atoms with Crippen LogP contribution >= 0.6 is 12.4 Å². The standard InChI is InChI=1S/C15H23N3O.ClH/c1-12-3-5-14(6-4-12)9-17-15(19)11-18-8-7-16-13(2)10-18;/h3-6,13,16H,7-11H2,1-2H3,(H,17,19);1H. The van der Waals surface area contributed by atoms with Gasteiger partial charge >= 0.3 is 0 Å². The zero-order valence-corrected chi connectivity index (χ0v) is 13.0. The summed E-state index contributed by atoms with van der Waals surface area (Å²) in [5, 5.41) is 6.35. The summed E-state index contributed by atoms with van der Waals surface area (Å²) in [7, 11) is 0. The first kappa shape index (κ1) is 17.0. The summed E-state index contributed by atoms with van der Waals surface area (Å²) >= 11 is 0. The van der Waals surface area contributed by atoms with Gasteiger partial charge in [-0.15, -0.1) is 12.4 Å². The smallest absolute Gasteiger partial charge is 0.234 e. The molecule has 112 valence electrons. The lowest BCUT2D eigenvalue weighted by molar-refractivity contribution is -0.122. The van der Waals surface area contributed by atoms with Gasteiger partial charge in [-0.2, -0.15) is 0 Å². The molecule has 1 atom stereocenters. The Labute approximate surface area is 127 Å². The molecule has 1 aliphatic rings. The van der Waals surface area contributed by atoms with E-state index in [0.29, 0.717) is 19.1 Å². The molecule has 1 fully saturated rings. The molecule has 0 radical (unpaired) electrons. The van der Waals surface area contributed by atoms with E-state index in [1.807, 2.05) is 0 Å². The fourth-order valence-electron chi connectivity index (χ4n) is 2.32. The van der Waals surface area contributed by atoms with E-state index in [-0.39, 0.29) is 18.3 Å². The molecule has 2 rings (SSSR count). The molecule has 0 aromatic heterocycles. The molecule has 1 aromatic carbocycles. The number of piperazine rings is 1. The van der Waals surface area contributed by atoms with Gasteiger partial charge < -0.3 is 10.6 Å². The zero-order chi connectivity index (χ0) is 13.7. The number of amides is 1. The predicted octanol–water partition coefficient (Wildman–Crippen LogP) is 1.33. The molecule has 5 heteroatoms. The van der Waals surface area contributed by atoms with Gasteiger partial charge in [0.25, 0.3) is 0 Å². The van der Waals surface area contributed by atoms with Gasteiger partial charge in [0.15, 0.2) is 0 Å². The van der Waals surface area contributed by atoms with Gasteiger partial charge in [0.2, 0.25) is 5.91 Å². The molecule has 1 aliphatic heterocycles. The van der Waals surface area contributed by atoms with Crippen LogP contribution in [-0.4, -0.2) is 43.0 Å². The fourth-order valence-corrected chi connectivity index (χ4v) is 2.32. The maximum atomic E-state index is 11.9. The van der Waals surface area contributed by atoms with E-state index in [0.717, 1.165) is 25.2 Å². The second-order valence-electron chi connectivity index (χ2n) is 5.35. The minimum absolute atomic E-state index is 0. The van der Waals surface area contributed by atoms with Gasteiger partial charge in [-0.1, -0.05) is 29.8 Å². The van der Waals surface area contributed by atoms with Gasteiger partial charge in [0.1, 0.15) is 0 Å². The Morgan fingerprint density at radius 1 is 1.40 bits per heavy atom. The van der Waals surface area contributed by atoms with Crippen molar-refractivity contribution in [3.8, 4) is 0 Å². The fraction of sp³-hybridized carbons (Fsp3) is 0.533. The van der Waals surface area contributed by atoms with E-state index in [1.165, 1.54) is 5.56 Å². The van der Waals surface area contributed by atoms with Crippen LogP contribution in [0.25, 0.3) is 0 Å². The van der Waals surface area contributed by atoms with Crippen molar-refractivity contribution in [3.05, 3.63) is 35.4 Å². The van der Waals surface area contributed by atoms with Gasteiger partial charge in [-0.25, -0.2) is 0 Å². The number of rotatable bonds is 4. The maximum Gasteiger partial charge on any atom is 0.234 e. The SMILES string of the molecule is Cc1ccc(CNC(=O)CN2CCNC(C)C2)cc1.Cl. The van der Waals surface area contributed by atoms with Crippen molar-refractivity contribution in [2.45, 2.75) is 26.4 Å². The van der Waals surface area contributed by atoms with Crippen LogP contribution in [-0.2, 0) is 11.3 Å². The van der Waals surface area contributed by atoms with Crippen molar-refractivity contribution in [3.63, 3.8) is 0 Å². The third-order valence-corrected chi connectivity index (χ3v) is 3.43. The topological polar surface area (TPSA) is 44.4 Å². The number of halogens is 1. The van der Waals surface area contributed by atoms with E-state index in [4.69, 9.17) is 0 Å². The van der Waals surface area contributed by atoms with Crippen molar-refractivity contribution >= 4 is 18.3 Å². The highest BCUT2D eigenvalue weighted by molar-refractivity contribution is 5.85. The summed E-state index contributed by atoms with van der Waals surface area (Å²) in [4.78, 5) is 14.1. The van der Waals surface area contributed by atoms with E-state index in [2.05, 4.69) is 53.6 Å². The van der Waals surface area contributed by atoms with Crippen molar-refractivity contribution in [2.24, 2.45) is 0 Å². The number of aryl methyl sites for hydroxylation is 1. The lowest BCUT2D eigenvalue weighted by Crippen LogP contribution is -2.51. The summed E-state index contributed by atoms with van der Waals surface area (Å²) in [6, 6.07) is 8.72. The van der Waals surface area contributed by atoms with Crippen LogP contribution in [0.15, 0.2) is 24.3 Å². The maximum absolute atomic E-state index is 11.9.